The molecule has 0 unspecified atom stereocenters. The molecule has 2 aromatic carbocycles. The van der Waals surface area contributed by atoms with E-state index in [9.17, 15) is 9.59 Å². The average Bonchev–Trinajstić information content (AvgIpc) is 2.73. The first-order valence-electron chi connectivity index (χ1n) is 9.30. The van der Waals surface area contributed by atoms with Crippen LogP contribution < -0.4 is 14.8 Å². The summed E-state index contributed by atoms with van der Waals surface area (Å²) in [6.07, 6.45) is 3.13. The van der Waals surface area contributed by atoms with Gasteiger partial charge in [-0.25, -0.2) is 0 Å². The number of methoxy groups -OCH3 is 1. The zero-order valence-electron chi connectivity index (χ0n) is 16.8. The third kappa shape index (κ3) is 6.84. The first kappa shape index (κ1) is 22.3. The number of hydrogen-bond acceptors (Lipinski definition) is 4. The van der Waals surface area contributed by atoms with Gasteiger partial charge in [-0.2, -0.15) is 0 Å². The van der Waals surface area contributed by atoms with E-state index in [1.54, 1.807) is 36.3 Å². The van der Waals surface area contributed by atoms with E-state index in [1.165, 1.54) is 6.08 Å². The lowest BCUT2D eigenvalue weighted by Gasteiger charge is -2.19. The lowest BCUT2D eigenvalue weighted by Crippen LogP contribution is -2.34. The van der Waals surface area contributed by atoms with Crippen LogP contribution in [0.1, 0.15) is 19.4 Å². The summed E-state index contributed by atoms with van der Waals surface area (Å²) in [7, 11) is 1.60. The molecule has 0 aliphatic rings. The number of amides is 2. The number of nitrogens with one attached hydrogen (secondary N) is 1. The van der Waals surface area contributed by atoms with Crippen molar-refractivity contribution in [2.45, 2.75) is 13.8 Å². The van der Waals surface area contributed by atoms with E-state index in [4.69, 9.17) is 21.1 Å². The fourth-order valence-electron chi connectivity index (χ4n) is 2.57. The highest BCUT2D eigenvalue weighted by atomic mass is 35.5. The summed E-state index contributed by atoms with van der Waals surface area (Å²) < 4.78 is 10.6. The second kappa shape index (κ2) is 11.1. The molecule has 0 saturated heterocycles. The first-order valence-corrected chi connectivity index (χ1v) is 9.67. The molecule has 1 N–H and O–H groups in total. The summed E-state index contributed by atoms with van der Waals surface area (Å²) in [5.41, 5.74) is 1.41. The molecule has 0 aliphatic heterocycles. The molecule has 0 radical (unpaired) electrons. The monoisotopic (exact) mass is 416 g/mol. The van der Waals surface area contributed by atoms with Gasteiger partial charge in [0.05, 0.1) is 12.1 Å². The second-order valence-corrected chi connectivity index (χ2v) is 6.50. The predicted octanol–water partition coefficient (Wildman–Crippen LogP) is 4.25. The third-order valence-electron chi connectivity index (χ3n) is 4.21. The molecule has 6 nitrogen and oxygen atoms in total. The van der Waals surface area contributed by atoms with E-state index in [2.05, 4.69) is 5.32 Å². The van der Waals surface area contributed by atoms with Crippen molar-refractivity contribution in [3.8, 4) is 11.5 Å². The summed E-state index contributed by atoms with van der Waals surface area (Å²) in [5.74, 6) is 0.746. The summed E-state index contributed by atoms with van der Waals surface area (Å²) in [5, 5.41) is 3.05. The molecule has 154 valence electrons. The zero-order valence-corrected chi connectivity index (χ0v) is 17.5. The molecule has 0 atom stereocenters. The molecular formula is C22H25ClN2O4. The van der Waals surface area contributed by atoms with Crippen molar-refractivity contribution in [2.75, 3.05) is 32.1 Å². The van der Waals surface area contributed by atoms with Gasteiger partial charge in [-0.1, -0.05) is 23.7 Å². The molecule has 2 rings (SSSR count). The molecule has 2 amide bonds. The average molecular weight is 417 g/mol. The highest BCUT2D eigenvalue weighted by Crippen LogP contribution is 2.27. The van der Waals surface area contributed by atoms with Crippen molar-refractivity contribution >= 4 is 35.2 Å². The van der Waals surface area contributed by atoms with Crippen LogP contribution in [0.15, 0.2) is 48.5 Å². The molecule has 0 heterocycles. The van der Waals surface area contributed by atoms with Crippen LogP contribution in [0.5, 0.6) is 11.5 Å². The Bertz CT molecular complexity index is 862. The Morgan fingerprint density at radius 3 is 2.38 bits per heavy atom. The third-order valence-corrected chi connectivity index (χ3v) is 4.51. The predicted molar refractivity (Wildman–Crippen MR) is 116 cm³/mol. The van der Waals surface area contributed by atoms with Gasteiger partial charge in [-0.05, 0) is 55.8 Å². The maximum absolute atomic E-state index is 12.1. The van der Waals surface area contributed by atoms with Crippen LogP contribution in [0, 0.1) is 0 Å². The Morgan fingerprint density at radius 2 is 1.79 bits per heavy atom. The van der Waals surface area contributed by atoms with E-state index in [-0.39, 0.29) is 18.4 Å². The van der Waals surface area contributed by atoms with Gasteiger partial charge < -0.3 is 19.7 Å². The second-order valence-electron chi connectivity index (χ2n) is 6.10. The van der Waals surface area contributed by atoms with Gasteiger partial charge in [0.1, 0.15) is 11.5 Å². The maximum atomic E-state index is 12.1. The van der Waals surface area contributed by atoms with E-state index in [0.29, 0.717) is 29.5 Å². The van der Waals surface area contributed by atoms with Crippen LogP contribution in [-0.2, 0) is 9.59 Å². The van der Waals surface area contributed by atoms with Crippen molar-refractivity contribution in [1.82, 2.24) is 4.90 Å². The number of rotatable bonds is 9. The number of nitrogens with zero attached hydrogens (tertiary/aromatic N) is 1. The number of carbonyl (C=O) groups excluding carboxylic acids is 2. The highest BCUT2D eigenvalue weighted by Gasteiger charge is 2.12. The Kier molecular flexibility index (Phi) is 8.55. The van der Waals surface area contributed by atoms with E-state index in [0.717, 1.165) is 11.3 Å². The lowest BCUT2D eigenvalue weighted by molar-refractivity contribution is -0.133. The maximum Gasteiger partial charge on any atom is 0.260 e. The van der Waals surface area contributed by atoms with Crippen molar-refractivity contribution in [3.63, 3.8) is 0 Å². The first-order chi connectivity index (χ1) is 14.0. The minimum atomic E-state index is -0.290. The molecule has 0 spiro atoms. The number of halogens is 1. The fraction of sp³-hybridized carbons (Fsp3) is 0.273. The summed E-state index contributed by atoms with van der Waals surface area (Å²) in [6, 6.07) is 12.2. The van der Waals surface area contributed by atoms with E-state index in [1.807, 2.05) is 38.1 Å². The molecule has 2 aromatic rings. The summed E-state index contributed by atoms with van der Waals surface area (Å²) in [4.78, 5) is 25.8. The standard InChI is InChI=1S/C22H25ClN2O4/c1-4-25(5-2)22(27)15-29-20-12-9-17(14-19(20)23)24-21(26)13-8-16-6-10-18(28-3)11-7-16/h6-14H,4-5,15H2,1-3H3,(H,24,26)/b13-8+. The summed E-state index contributed by atoms with van der Waals surface area (Å²) in [6.45, 7) is 4.99. The van der Waals surface area contributed by atoms with Gasteiger partial charge in [-0.15, -0.1) is 0 Å². The zero-order chi connectivity index (χ0) is 21.2. The lowest BCUT2D eigenvalue weighted by atomic mass is 10.2. The molecule has 0 bridgehead atoms. The number of anilines is 1. The number of benzene rings is 2. The number of likely N-dealkylation sites (N-methyl/N-ethyl adjacent to an activating group) is 1. The van der Waals surface area contributed by atoms with Gasteiger partial charge >= 0.3 is 0 Å². The van der Waals surface area contributed by atoms with Crippen LogP contribution in [0.2, 0.25) is 5.02 Å². The van der Waals surface area contributed by atoms with Gasteiger partial charge in [0.25, 0.3) is 5.91 Å². The number of ether oxygens (including phenoxy) is 2. The minimum absolute atomic E-state index is 0.0856. The number of carbonyl (C=O) groups is 2. The Balaban J connectivity index is 1.92. The SMILES string of the molecule is CCN(CC)C(=O)COc1ccc(NC(=O)/C=C/c2ccc(OC)cc2)cc1Cl. The van der Waals surface area contributed by atoms with Crippen LogP contribution >= 0.6 is 11.6 Å². The van der Waals surface area contributed by atoms with Gasteiger partial charge in [0.15, 0.2) is 6.61 Å². The van der Waals surface area contributed by atoms with Crippen LogP contribution in [-0.4, -0.2) is 43.5 Å². The van der Waals surface area contributed by atoms with Crippen molar-refractivity contribution in [1.29, 1.82) is 0 Å². The van der Waals surface area contributed by atoms with Gasteiger partial charge in [0, 0.05) is 24.9 Å². The van der Waals surface area contributed by atoms with Crippen LogP contribution in [0.25, 0.3) is 6.08 Å². The molecular weight excluding hydrogens is 392 g/mol. The largest absolute Gasteiger partial charge is 0.497 e. The quantitative estimate of drug-likeness (QED) is 0.620. The molecule has 0 fully saturated rings. The van der Waals surface area contributed by atoms with Crippen molar-refractivity contribution in [2.24, 2.45) is 0 Å². The van der Waals surface area contributed by atoms with E-state index >= 15 is 0 Å². The molecule has 0 aliphatic carbocycles. The minimum Gasteiger partial charge on any atom is -0.497 e. The Morgan fingerprint density at radius 1 is 1.10 bits per heavy atom. The molecule has 29 heavy (non-hydrogen) atoms. The number of hydrogen-bond donors (Lipinski definition) is 1. The van der Waals surface area contributed by atoms with Crippen molar-refractivity contribution < 1.29 is 19.1 Å². The van der Waals surface area contributed by atoms with Gasteiger partial charge in [0.2, 0.25) is 5.91 Å². The van der Waals surface area contributed by atoms with Crippen molar-refractivity contribution in [3.05, 3.63) is 59.1 Å². The normalized spacial score (nSPS) is 10.6. The Labute approximate surface area is 176 Å². The fourth-order valence-corrected chi connectivity index (χ4v) is 2.81. The molecule has 0 saturated carbocycles. The topological polar surface area (TPSA) is 67.9 Å². The molecule has 0 aromatic heterocycles. The smallest absolute Gasteiger partial charge is 0.260 e. The highest BCUT2D eigenvalue weighted by molar-refractivity contribution is 6.32. The summed E-state index contributed by atoms with van der Waals surface area (Å²) >= 11 is 6.21. The van der Waals surface area contributed by atoms with Gasteiger partial charge in [-0.3, -0.25) is 9.59 Å². The van der Waals surface area contributed by atoms with Crippen LogP contribution in [0.3, 0.4) is 0 Å². The van der Waals surface area contributed by atoms with Crippen LogP contribution in [0.4, 0.5) is 5.69 Å². The Hall–Kier alpha value is -2.99. The molecule has 7 heteroatoms. The van der Waals surface area contributed by atoms with E-state index < -0.39 is 0 Å².